The second-order valence-electron chi connectivity index (χ2n) is 4.01. The maximum absolute atomic E-state index is 11.4. The molecule has 1 heterocycles. The Kier molecular flexibility index (Phi) is 3.25. The van der Waals surface area contributed by atoms with Crippen LogP contribution in [0, 0.1) is 0 Å². The number of ether oxygens (including phenoxy) is 1. The molecule has 0 atom stereocenters. The summed E-state index contributed by atoms with van der Waals surface area (Å²) in [5, 5.41) is 19.4. The fourth-order valence-electron chi connectivity index (χ4n) is 2.28. The van der Waals surface area contributed by atoms with Crippen molar-refractivity contribution in [3.63, 3.8) is 0 Å². The van der Waals surface area contributed by atoms with E-state index in [1.807, 2.05) is 11.5 Å². The van der Waals surface area contributed by atoms with E-state index in [1.165, 1.54) is 13.2 Å². The Labute approximate surface area is 104 Å². The molecule has 0 fully saturated rings. The van der Waals surface area contributed by atoms with Crippen LogP contribution in [-0.4, -0.2) is 27.9 Å². The zero-order valence-electron chi connectivity index (χ0n) is 10.3. The number of carbonyl (C=O) groups is 1. The Morgan fingerprint density at radius 2 is 2.17 bits per heavy atom. The molecule has 0 saturated heterocycles. The first-order valence-electron chi connectivity index (χ1n) is 5.66. The van der Waals surface area contributed by atoms with Crippen LogP contribution in [-0.2, 0) is 17.9 Å². The van der Waals surface area contributed by atoms with Gasteiger partial charge in [-0.15, -0.1) is 0 Å². The van der Waals surface area contributed by atoms with Crippen LogP contribution < -0.4 is 0 Å². The van der Waals surface area contributed by atoms with Gasteiger partial charge in [0.15, 0.2) is 0 Å². The lowest BCUT2D eigenvalue weighted by molar-refractivity contribution is 0.0693. The largest absolute Gasteiger partial charge is 0.508 e. The van der Waals surface area contributed by atoms with Crippen LogP contribution in [0.1, 0.15) is 23.0 Å². The molecule has 96 valence electrons. The number of methoxy groups -OCH3 is 1. The molecule has 2 aromatic rings. The molecule has 0 saturated carbocycles. The van der Waals surface area contributed by atoms with Crippen molar-refractivity contribution < 1.29 is 19.7 Å². The molecule has 0 aliphatic carbocycles. The normalized spacial score (nSPS) is 11.0. The number of phenols is 1. The molecule has 2 N–H and O–H groups in total. The number of hydrogen-bond donors (Lipinski definition) is 2. The highest BCUT2D eigenvalue weighted by Crippen LogP contribution is 2.29. The number of fused-ring (bicyclic) bond motifs is 1. The van der Waals surface area contributed by atoms with Crippen molar-refractivity contribution in [3.05, 3.63) is 29.5 Å². The lowest BCUT2D eigenvalue weighted by atomic mass is 10.1. The summed E-state index contributed by atoms with van der Waals surface area (Å²) in [5.74, 6) is -0.952. The van der Waals surface area contributed by atoms with E-state index in [9.17, 15) is 15.0 Å². The van der Waals surface area contributed by atoms with Crippen molar-refractivity contribution in [3.8, 4) is 5.75 Å². The number of hydrogen-bond acceptors (Lipinski definition) is 3. The minimum Gasteiger partial charge on any atom is -0.508 e. The van der Waals surface area contributed by atoms with Crippen LogP contribution in [0.4, 0.5) is 0 Å². The van der Waals surface area contributed by atoms with Crippen LogP contribution in [0.5, 0.6) is 5.75 Å². The predicted molar refractivity (Wildman–Crippen MR) is 66.9 cm³/mol. The number of phenolic OH excluding ortho intramolecular Hbond substituents is 1. The van der Waals surface area contributed by atoms with Crippen molar-refractivity contribution in [2.45, 2.75) is 20.1 Å². The molecule has 5 heteroatoms. The first kappa shape index (κ1) is 12.4. The van der Waals surface area contributed by atoms with Gasteiger partial charge in [-0.25, -0.2) is 4.79 Å². The molecule has 0 amide bonds. The van der Waals surface area contributed by atoms with Crippen LogP contribution in [0.25, 0.3) is 10.9 Å². The number of rotatable bonds is 4. The second-order valence-corrected chi connectivity index (χ2v) is 4.01. The van der Waals surface area contributed by atoms with E-state index in [-0.39, 0.29) is 17.9 Å². The number of benzene rings is 1. The monoisotopic (exact) mass is 249 g/mol. The van der Waals surface area contributed by atoms with E-state index in [4.69, 9.17) is 4.74 Å². The molecule has 0 spiro atoms. The molecule has 1 aromatic heterocycles. The molecule has 5 nitrogen and oxygen atoms in total. The number of aromatic hydroxyl groups is 1. The molecular formula is C13H15NO4. The maximum atomic E-state index is 11.4. The van der Waals surface area contributed by atoms with Gasteiger partial charge in [0, 0.05) is 24.6 Å². The Morgan fingerprint density at radius 3 is 2.72 bits per heavy atom. The average molecular weight is 249 g/mol. The molecule has 1 aromatic carbocycles. The summed E-state index contributed by atoms with van der Waals surface area (Å²) >= 11 is 0. The lowest BCUT2D eigenvalue weighted by Crippen LogP contribution is -2.07. The fraction of sp³-hybridized carbons (Fsp3) is 0.308. The van der Waals surface area contributed by atoms with Gasteiger partial charge in [0.2, 0.25) is 0 Å². The van der Waals surface area contributed by atoms with Crippen molar-refractivity contribution >= 4 is 16.9 Å². The number of carboxylic acids is 1. The maximum Gasteiger partial charge on any atom is 0.338 e. The summed E-state index contributed by atoms with van der Waals surface area (Å²) in [6, 6.07) is 4.75. The zero-order chi connectivity index (χ0) is 13.3. The highest BCUT2D eigenvalue weighted by atomic mass is 16.5. The van der Waals surface area contributed by atoms with Gasteiger partial charge in [0.1, 0.15) is 5.75 Å². The topological polar surface area (TPSA) is 71.7 Å². The van der Waals surface area contributed by atoms with E-state index in [1.54, 1.807) is 12.1 Å². The standard InChI is InChI=1S/C13H15NO4/c1-3-14-10-5-4-8(15)6-9(10)12(13(16)17)11(14)7-18-2/h4-6,15H,3,7H2,1-2H3,(H,16,17). The van der Waals surface area contributed by atoms with Gasteiger partial charge in [-0.05, 0) is 25.1 Å². The smallest absolute Gasteiger partial charge is 0.338 e. The summed E-state index contributed by atoms with van der Waals surface area (Å²) < 4.78 is 6.96. The van der Waals surface area contributed by atoms with Gasteiger partial charge in [-0.3, -0.25) is 0 Å². The third kappa shape index (κ3) is 1.82. The van der Waals surface area contributed by atoms with Crippen LogP contribution in [0.3, 0.4) is 0 Å². The van der Waals surface area contributed by atoms with Crippen molar-refractivity contribution in [2.75, 3.05) is 7.11 Å². The summed E-state index contributed by atoms with van der Waals surface area (Å²) in [6.07, 6.45) is 0. The fourth-order valence-corrected chi connectivity index (χ4v) is 2.28. The Bertz CT molecular complexity index is 601. The molecule has 18 heavy (non-hydrogen) atoms. The highest BCUT2D eigenvalue weighted by Gasteiger charge is 2.21. The molecule has 0 aliphatic heterocycles. The molecule has 0 bridgehead atoms. The van der Waals surface area contributed by atoms with E-state index >= 15 is 0 Å². The number of carboxylic acid groups (broad SMARTS) is 1. The molecular weight excluding hydrogens is 234 g/mol. The Morgan fingerprint density at radius 1 is 1.44 bits per heavy atom. The summed E-state index contributed by atoms with van der Waals surface area (Å²) in [7, 11) is 1.53. The van der Waals surface area contributed by atoms with Crippen LogP contribution in [0.15, 0.2) is 18.2 Å². The zero-order valence-corrected chi connectivity index (χ0v) is 10.3. The van der Waals surface area contributed by atoms with E-state index in [2.05, 4.69) is 0 Å². The molecule has 0 unspecified atom stereocenters. The SMILES string of the molecule is CCn1c(COC)c(C(=O)O)c2cc(O)ccc21. The summed E-state index contributed by atoms with van der Waals surface area (Å²) in [6.45, 7) is 2.81. The van der Waals surface area contributed by atoms with Gasteiger partial charge < -0.3 is 19.5 Å². The molecule has 0 radical (unpaired) electrons. The van der Waals surface area contributed by atoms with Crippen molar-refractivity contribution in [2.24, 2.45) is 0 Å². The van der Waals surface area contributed by atoms with Gasteiger partial charge >= 0.3 is 5.97 Å². The minimum atomic E-state index is -1.01. The number of nitrogens with zero attached hydrogens (tertiary/aromatic N) is 1. The van der Waals surface area contributed by atoms with Crippen molar-refractivity contribution in [1.29, 1.82) is 0 Å². The molecule has 2 rings (SSSR count). The summed E-state index contributed by atoms with van der Waals surface area (Å²) in [4.78, 5) is 11.4. The first-order valence-corrected chi connectivity index (χ1v) is 5.66. The third-order valence-corrected chi connectivity index (χ3v) is 2.97. The number of aromatic nitrogens is 1. The van der Waals surface area contributed by atoms with E-state index in [0.29, 0.717) is 17.6 Å². The average Bonchev–Trinajstić information content (AvgIpc) is 2.62. The third-order valence-electron chi connectivity index (χ3n) is 2.97. The second kappa shape index (κ2) is 4.70. The number of aromatic carboxylic acids is 1. The van der Waals surface area contributed by atoms with Gasteiger partial charge in [0.25, 0.3) is 0 Å². The first-order chi connectivity index (χ1) is 8.60. The quantitative estimate of drug-likeness (QED) is 0.871. The Hall–Kier alpha value is -2.01. The predicted octanol–water partition coefficient (Wildman–Crippen LogP) is 2.21. The highest BCUT2D eigenvalue weighted by molar-refractivity contribution is 6.05. The Balaban J connectivity index is 2.85. The van der Waals surface area contributed by atoms with E-state index in [0.717, 1.165) is 5.52 Å². The van der Waals surface area contributed by atoms with Crippen LogP contribution in [0.2, 0.25) is 0 Å². The van der Waals surface area contributed by atoms with Crippen molar-refractivity contribution in [1.82, 2.24) is 4.57 Å². The summed E-state index contributed by atoms with van der Waals surface area (Å²) in [5.41, 5.74) is 1.61. The van der Waals surface area contributed by atoms with Gasteiger partial charge in [-0.1, -0.05) is 0 Å². The van der Waals surface area contributed by atoms with Gasteiger partial charge in [-0.2, -0.15) is 0 Å². The van der Waals surface area contributed by atoms with E-state index < -0.39 is 5.97 Å². The lowest BCUT2D eigenvalue weighted by Gasteiger charge is -2.07. The van der Waals surface area contributed by atoms with Gasteiger partial charge in [0.05, 0.1) is 17.9 Å². The van der Waals surface area contributed by atoms with Crippen LogP contribution >= 0.6 is 0 Å². The minimum absolute atomic E-state index is 0.0576. The number of aryl methyl sites for hydroxylation is 1. The molecule has 0 aliphatic rings.